The Balaban J connectivity index is 2.39. The topological polar surface area (TPSA) is 41.5 Å². The van der Waals surface area contributed by atoms with Crippen LogP contribution in [0, 0.1) is 11.6 Å². The second-order valence-corrected chi connectivity index (χ2v) is 4.95. The molecule has 0 radical (unpaired) electrons. The predicted molar refractivity (Wildman–Crippen MR) is 77.4 cm³/mol. The van der Waals surface area contributed by atoms with E-state index < -0.39 is 23.8 Å². The van der Waals surface area contributed by atoms with Crippen LogP contribution in [-0.2, 0) is 5.54 Å². The van der Waals surface area contributed by atoms with E-state index in [1.807, 2.05) is 0 Å². The van der Waals surface area contributed by atoms with Gasteiger partial charge < -0.3 is 15.2 Å². The number of nitrogens with one attached hydrogen (secondary N) is 1. The van der Waals surface area contributed by atoms with Crippen LogP contribution in [-0.4, -0.2) is 18.8 Å². The maximum Gasteiger partial charge on any atom is 0.164 e. The second kappa shape index (κ2) is 6.10. The molecular weight excluding hydrogens is 276 g/mol. The van der Waals surface area contributed by atoms with Crippen LogP contribution in [0.1, 0.15) is 12.5 Å². The van der Waals surface area contributed by atoms with Gasteiger partial charge in [-0.1, -0.05) is 18.2 Å². The highest BCUT2D eigenvalue weighted by Gasteiger charge is 2.30. The SMILES string of the molecule is COc1cccc(NC(C)(CO)c2cccc(F)c2F)c1. The Labute approximate surface area is 122 Å². The molecule has 1 atom stereocenters. The van der Waals surface area contributed by atoms with E-state index in [-0.39, 0.29) is 5.56 Å². The first-order valence-corrected chi connectivity index (χ1v) is 6.48. The Morgan fingerprint density at radius 1 is 1.19 bits per heavy atom. The summed E-state index contributed by atoms with van der Waals surface area (Å²) in [4.78, 5) is 0. The third-order valence-corrected chi connectivity index (χ3v) is 3.35. The average molecular weight is 293 g/mol. The summed E-state index contributed by atoms with van der Waals surface area (Å²) in [6.45, 7) is 1.20. The number of aliphatic hydroxyl groups excluding tert-OH is 1. The van der Waals surface area contributed by atoms with Gasteiger partial charge in [0.25, 0.3) is 0 Å². The van der Waals surface area contributed by atoms with Crippen molar-refractivity contribution < 1.29 is 18.6 Å². The van der Waals surface area contributed by atoms with Gasteiger partial charge in [0.05, 0.1) is 19.3 Å². The van der Waals surface area contributed by atoms with Crippen LogP contribution in [0.15, 0.2) is 42.5 Å². The van der Waals surface area contributed by atoms with Gasteiger partial charge >= 0.3 is 0 Å². The molecule has 0 saturated heterocycles. The van der Waals surface area contributed by atoms with Gasteiger partial charge in [0.15, 0.2) is 11.6 Å². The molecule has 0 aromatic heterocycles. The Morgan fingerprint density at radius 3 is 2.57 bits per heavy atom. The van der Waals surface area contributed by atoms with Crippen LogP contribution >= 0.6 is 0 Å². The van der Waals surface area contributed by atoms with E-state index in [9.17, 15) is 13.9 Å². The molecule has 0 heterocycles. The molecule has 5 heteroatoms. The van der Waals surface area contributed by atoms with Crippen LogP contribution in [0.3, 0.4) is 0 Å². The van der Waals surface area contributed by atoms with Gasteiger partial charge in [-0.05, 0) is 25.1 Å². The Morgan fingerprint density at radius 2 is 1.90 bits per heavy atom. The minimum absolute atomic E-state index is 0.0628. The highest BCUT2D eigenvalue weighted by atomic mass is 19.2. The van der Waals surface area contributed by atoms with E-state index in [1.54, 1.807) is 31.2 Å². The Kier molecular flexibility index (Phi) is 4.43. The van der Waals surface area contributed by atoms with Crippen molar-refractivity contribution in [1.82, 2.24) is 0 Å². The van der Waals surface area contributed by atoms with Crippen molar-refractivity contribution in [3.05, 3.63) is 59.7 Å². The molecule has 3 nitrogen and oxygen atoms in total. The van der Waals surface area contributed by atoms with Gasteiger partial charge in [-0.15, -0.1) is 0 Å². The largest absolute Gasteiger partial charge is 0.497 e. The van der Waals surface area contributed by atoms with Crippen molar-refractivity contribution in [3.63, 3.8) is 0 Å². The fourth-order valence-electron chi connectivity index (χ4n) is 2.14. The zero-order valence-corrected chi connectivity index (χ0v) is 11.9. The third kappa shape index (κ3) is 3.13. The van der Waals surface area contributed by atoms with Crippen LogP contribution in [0.5, 0.6) is 5.75 Å². The van der Waals surface area contributed by atoms with E-state index in [0.29, 0.717) is 11.4 Å². The van der Waals surface area contributed by atoms with E-state index >= 15 is 0 Å². The number of halogens is 2. The van der Waals surface area contributed by atoms with Gasteiger partial charge in [-0.3, -0.25) is 0 Å². The fraction of sp³-hybridized carbons (Fsp3) is 0.250. The number of aliphatic hydroxyl groups is 1. The summed E-state index contributed by atoms with van der Waals surface area (Å²) >= 11 is 0. The lowest BCUT2D eigenvalue weighted by Crippen LogP contribution is -2.37. The number of hydrogen-bond acceptors (Lipinski definition) is 3. The minimum atomic E-state index is -1.15. The summed E-state index contributed by atoms with van der Waals surface area (Å²) < 4.78 is 32.5. The molecule has 21 heavy (non-hydrogen) atoms. The molecule has 0 fully saturated rings. The lowest BCUT2D eigenvalue weighted by atomic mass is 9.91. The number of benzene rings is 2. The summed E-state index contributed by atoms with van der Waals surface area (Å²) in [5.41, 5.74) is -0.458. The predicted octanol–water partition coefficient (Wildman–Crippen LogP) is 3.29. The number of ether oxygens (including phenoxy) is 1. The average Bonchev–Trinajstić information content (AvgIpc) is 2.50. The van der Waals surface area contributed by atoms with E-state index in [1.165, 1.54) is 19.2 Å². The first kappa shape index (κ1) is 15.3. The number of anilines is 1. The molecule has 2 rings (SSSR count). The van der Waals surface area contributed by atoms with E-state index in [2.05, 4.69) is 5.32 Å². The molecule has 0 aliphatic heterocycles. The highest BCUT2D eigenvalue weighted by molar-refractivity contribution is 5.51. The molecule has 0 saturated carbocycles. The first-order valence-electron chi connectivity index (χ1n) is 6.48. The number of methoxy groups -OCH3 is 1. The number of hydrogen-bond donors (Lipinski definition) is 2. The van der Waals surface area contributed by atoms with Crippen LogP contribution < -0.4 is 10.1 Å². The second-order valence-electron chi connectivity index (χ2n) is 4.95. The minimum Gasteiger partial charge on any atom is -0.497 e. The lowest BCUT2D eigenvalue weighted by molar-refractivity contribution is 0.219. The quantitative estimate of drug-likeness (QED) is 0.889. The zero-order chi connectivity index (χ0) is 15.5. The molecule has 2 N–H and O–H groups in total. The standard InChI is InChI=1S/C16H17F2NO2/c1-16(10-20,13-7-4-8-14(17)15(13)18)19-11-5-3-6-12(9-11)21-2/h3-9,19-20H,10H2,1-2H3. The molecule has 2 aromatic carbocycles. The lowest BCUT2D eigenvalue weighted by Gasteiger charge is -2.31. The zero-order valence-electron chi connectivity index (χ0n) is 11.9. The maximum atomic E-state index is 14.0. The highest BCUT2D eigenvalue weighted by Crippen LogP contribution is 2.30. The molecule has 0 spiro atoms. The first-order chi connectivity index (χ1) is 10.00. The van der Waals surface area contributed by atoms with Crippen molar-refractivity contribution in [3.8, 4) is 5.75 Å². The summed E-state index contributed by atoms with van der Waals surface area (Å²) in [5, 5.41) is 12.7. The van der Waals surface area contributed by atoms with Crippen molar-refractivity contribution in [2.24, 2.45) is 0 Å². The van der Waals surface area contributed by atoms with Gasteiger partial charge in [0, 0.05) is 17.3 Å². The fourth-order valence-corrected chi connectivity index (χ4v) is 2.14. The van der Waals surface area contributed by atoms with Gasteiger partial charge in [0.1, 0.15) is 5.75 Å². The van der Waals surface area contributed by atoms with Crippen molar-refractivity contribution in [2.45, 2.75) is 12.5 Å². The third-order valence-electron chi connectivity index (χ3n) is 3.35. The van der Waals surface area contributed by atoms with Gasteiger partial charge in [-0.2, -0.15) is 0 Å². The summed E-state index contributed by atoms with van der Waals surface area (Å²) in [5.74, 6) is -1.29. The number of rotatable bonds is 5. The maximum absolute atomic E-state index is 14.0. The molecular formula is C16H17F2NO2. The Bertz CT molecular complexity index is 633. The molecule has 112 valence electrons. The molecule has 0 aliphatic carbocycles. The van der Waals surface area contributed by atoms with Gasteiger partial charge in [0.2, 0.25) is 0 Å². The van der Waals surface area contributed by atoms with Crippen molar-refractivity contribution in [2.75, 3.05) is 19.0 Å². The smallest absolute Gasteiger partial charge is 0.164 e. The van der Waals surface area contributed by atoms with Crippen LogP contribution in [0.25, 0.3) is 0 Å². The summed E-state index contributed by atoms with van der Waals surface area (Å²) in [6.07, 6.45) is 0. The summed E-state index contributed by atoms with van der Waals surface area (Å²) in [7, 11) is 1.54. The molecule has 0 aliphatic rings. The van der Waals surface area contributed by atoms with Crippen LogP contribution in [0.2, 0.25) is 0 Å². The molecule has 0 bridgehead atoms. The molecule has 2 aromatic rings. The van der Waals surface area contributed by atoms with E-state index in [4.69, 9.17) is 4.74 Å². The van der Waals surface area contributed by atoms with Crippen molar-refractivity contribution in [1.29, 1.82) is 0 Å². The van der Waals surface area contributed by atoms with Crippen LogP contribution in [0.4, 0.5) is 14.5 Å². The molecule has 1 unspecified atom stereocenters. The van der Waals surface area contributed by atoms with Crippen molar-refractivity contribution >= 4 is 5.69 Å². The molecule has 0 amide bonds. The normalized spacial score (nSPS) is 13.6. The Hall–Kier alpha value is -2.14. The summed E-state index contributed by atoms with van der Waals surface area (Å²) in [6, 6.07) is 10.9. The monoisotopic (exact) mass is 293 g/mol. The van der Waals surface area contributed by atoms with E-state index in [0.717, 1.165) is 6.07 Å². The van der Waals surface area contributed by atoms with Gasteiger partial charge in [-0.25, -0.2) is 8.78 Å².